The molecule has 1 aromatic rings. The molecule has 0 bridgehead atoms. The first-order valence-electron chi connectivity index (χ1n) is 7.88. The maximum atomic E-state index is 6.40. The molecule has 0 spiro atoms. The minimum atomic E-state index is 0.190. The average molecular weight is 276 g/mol. The molecule has 1 fully saturated rings. The van der Waals surface area contributed by atoms with Crippen LogP contribution < -0.4 is 5.73 Å². The van der Waals surface area contributed by atoms with Crippen LogP contribution in [0.1, 0.15) is 38.3 Å². The monoisotopic (exact) mass is 276 g/mol. The van der Waals surface area contributed by atoms with Crippen molar-refractivity contribution in [3.05, 3.63) is 30.1 Å². The van der Waals surface area contributed by atoms with E-state index in [9.17, 15) is 0 Å². The van der Waals surface area contributed by atoms with E-state index in [1.165, 1.54) is 18.5 Å². The fourth-order valence-corrected chi connectivity index (χ4v) is 3.09. The number of hydrogen-bond acceptors (Lipinski definition) is 4. The quantitative estimate of drug-likeness (QED) is 0.862. The minimum absolute atomic E-state index is 0.190. The lowest BCUT2D eigenvalue weighted by Crippen LogP contribution is -2.51. The summed E-state index contributed by atoms with van der Waals surface area (Å²) in [6.45, 7) is 10.2. The van der Waals surface area contributed by atoms with Crippen LogP contribution in [0.15, 0.2) is 24.5 Å². The van der Waals surface area contributed by atoms with E-state index in [0.29, 0.717) is 6.04 Å². The highest BCUT2D eigenvalue weighted by atomic mass is 15.3. The van der Waals surface area contributed by atoms with Crippen LogP contribution in [0.5, 0.6) is 0 Å². The molecule has 0 aliphatic carbocycles. The molecule has 4 heteroatoms. The largest absolute Gasteiger partial charge is 0.326 e. The summed E-state index contributed by atoms with van der Waals surface area (Å²) in [7, 11) is 0. The second-order valence-corrected chi connectivity index (χ2v) is 5.68. The maximum absolute atomic E-state index is 6.40. The number of nitrogens with two attached hydrogens (primary N) is 1. The van der Waals surface area contributed by atoms with Crippen LogP contribution in [-0.4, -0.2) is 53.5 Å². The van der Waals surface area contributed by atoms with Gasteiger partial charge >= 0.3 is 0 Å². The van der Waals surface area contributed by atoms with E-state index in [0.717, 1.165) is 32.6 Å². The molecule has 0 amide bonds. The standard InChI is InChI=1S/C16H28N4/c1-3-9-19-10-12-20(13-11-19)16(15(17)4-2)14-5-7-18-8-6-14/h5-8,15-16H,3-4,9-13,17H2,1-2H3. The van der Waals surface area contributed by atoms with E-state index in [4.69, 9.17) is 5.73 Å². The Morgan fingerprint density at radius 3 is 2.35 bits per heavy atom. The molecular formula is C16H28N4. The van der Waals surface area contributed by atoms with Gasteiger partial charge in [0.2, 0.25) is 0 Å². The van der Waals surface area contributed by atoms with E-state index in [2.05, 4.69) is 40.8 Å². The second kappa shape index (κ2) is 7.72. The Labute approximate surface area is 123 Å². The number of pyridine rings is 1. The van der Waals surface area contributed by atoms with Gasteiger partial charge in [0.05, 0.1) is 6.04 Å². The number of aromatic nitrogens is 1. The first-order chi connectivity index (χ1) is 9.76. The topological polar surface area (TPSA) is 45.4 Å². The second-order valence-electron chi connectivity index (χ2n) is 5.68. The molecular weight excluding hydrogens is 248 g/mol. The van der Waals surface area contributed by atoms with Gasteiger partial charge in [0.1, 0.15) is 0 Å². The van der Waals surface area contributed by atoms with Gasteiger partial charge < -0.3 is 10.6 Å². The highest BCUT2D eigenvalue weighted by molar-refractivity contribution is 5.17. The van der Waals surface area contributed by atoms with Gasteiger partial charge in [-0.25, -0.2) is 0 Å². The van der Waals surface area contributed by atoms with Crippen molar-refractivity contribution in [3.63, 3.8) is 0 Å². The van der Waals surface area contributed by atoms with Gasteiger partial charge in [-0.15, -0.1) is 0 Å². The molecule has 4 nitrogen and oxygen atoms in total. The van der Waals surface area contributed by atoms with Gasteiger partial charge in [0, 0.05) is 44.6 Å². The van der Waals surface area contributed by atoms with Crippen molar-refractivity contribution in [2.45, 2.75) is 38.8 Å². The predicted octanol–water partition coefficient (Wildman–Crippen LogP) is 1.89. The van der Waals surface area contributed by atoms with E-state index in [1.807, 2.05) is 12.4 Å². The Kier molecular flexibility index (Phi) is 5.95. The van der Waals surface area contributed by atoms with Crippen molar-refractivity contribution in [3.8, 4) is 0 Å². The molecule has 0 aromatic carbocycles. The van der Waals surface area contributed by atoms with Crippen LogP contribution in [0.3, 0.4) is 0 Å². The smallest absolute Gasteiger partial charge is 0.0501 e. The van der Waals surface area contributed by atoms with Crippen molar-refractivity contribution in [2.75, 3.05) is 32.7 Å². The SMILES string of the molecule is CCCN1CCN(C(c2ccncc2)C(N)CC)CC1. The molecule has 2 rings (SSSR count). The summed E-state index contributed by atoms with van der Waals surface area (Å²) in [6.07, 6.45) is 5.99. The summed E-state index contributed by atoms with van der Waals surface area (Å²) in [4.78, 5) is 9.23. The van der Waals surface area contributed by atoms with Crippen LogP contribution >= 0.6 is 0 Å². The van der Waals surface area contributed by atoms with E-state index in [-0.39, 0.29) is 6.04 Å². The first-order valence-corrected chi connectivity index (χ1v) is 7.88. The molecule has 0 radical (unpaired) electrons. The Balaban J connectivity index is 2.05. The van der Waals surface area contributed by atoms with Gasteiger partial charge in [-0.3, -0.25) is 9.88 Å². The van der Waals surface area contributed by atoms with Crippen molar-refractivity contribution >= 4 is 0 Å². The highest BCUT2D eigenvalue weighted by Gasteiger charge is 2.28. The lowest BCUT2D eigenvalue weighted by Gasteiger charge is -2.41. The summed E-state index contributed by atoms with van der Waals surface area (Å²) < 4.78 is 0. The summed E-state index contributed by atoms with van der Waals surface area (Å²) >= 11 is 0. The third kappa shape index (κ3) is 3.78. The summed E-state index contributed by atoms with van der Waals surface area (Å²) in [6, 6.07) is 4.74. The molecule has 2 unspecified atom stereocenters. The van der Waals surface area contributed by atoms with Crippen molar-refractivity contribution < 1.29 is 0 Å². The zero-order valence-corrected chi connectivity index (χ0v) is 12.8. The molecule has 2 N–H and O–H groups in total. The number of hydrogen-bond donors (Lipinski definition) is 1. The molecule has 112 valence electrons. The average Bonchev–Trinajstić information content (AvgIpc) is 2.50. The van der Waals surface area contributed by atoms with Gasteiger partial charge in [-0.1, -0.05) is 13.8 Å². The van der Waals surface area contributed by atoms with Gasteiger partial charge in [0.15, 0.2) is 0 Å². The third-order valence-corrected chi connectivity index (χ3v) is 4.26. The number of rotatable bonds is 6. The zero-order chi connectivity index (χ0) is 14.4. The van der Waals surface area contributed by atoms with Crippen LogP contribution in [-0.2, 0) is 0 Å². The Hall–Kier alpha value is -0.970. The minimum Gasteiger partial charge on any atom is -0.326 e. The van der Waals surface area contributed by atoms with Gasteiger partial charge in [-0.2, -0.15) is 0 Å². The predicted molar refractivity (Wildman–Crippen MR) is 83.5 cm³/mol. The first kappa shape index (κ1) is 15.4. The highest BCUT2D eigenvalue weighted by Crippen LogP contribution is 2.25. The van der Waals surface area contributed by atoms with Crippen molar-refractivity contribution in [2.24, 2.45) is 5.73 Å². The summed E-state index contributed by atoms with van der Waals surface area (Å²) in [5.74, 6) is 0. The molecule has 20 heavy (non-hydrogen) atoms. The van der Waals surface area contributed by atoms with Crippen LogP contribution in [0.25, 0.3) is 0 Å². The molecule has 0 saturated carbocycles. The lowest BCUT2D eigenvalue weighted by molar-refractivity contribution is 0.0836. The van der Waals surface area contributed by atoms with Gasteiger partial charge in [-0.05, 0) is 37.1 Å². The Bertz CT molecular complexity index is 373. The lowest BCUT2D eigenvalue weighted by atomic mass is 9.96. The van der Waals surface area contributed by atoms with Gasteiger partial charge in [0.25, 0.3) is 0 Å². The van der Waals surface area contributed by atoms with E-state index in [1.54, 1.807) is 0 Å². The summed E-state index contributed by atoms with van der Waals surface area (Å²) in [5.41, 5.74) is 7.70. The van der Waals surface area contributed by atoms with E-state index >= 15 is 0 Å². The maximum Gasteiger partial charge on any atom is 0.0501 e. The number of nitrogens with zero attached hydrogens (tertiary/aromatic N) is 3. The third-order valence-electron chi connectivity index (χ3n) is 4.26. The van der Waals surface area contributed by atoms with E-state index < -0.39 is 0 Å². The zero-order valence-electron chi connectivity index (χ0n) is 12.8. The molecule has 2 heterocycles. The Morgan fingerprint density at radius 1 is 1.15 bits per heavy atom. The number of piperazine rings is 1. The summed E-state index contributed by atoms with van der Waals surface area (Å²) in [5, 5.41) is 0. The fraction of sp³-hybridized carbons (Fsp3) is 0.688. The van der Waals surface area contributed by atoms with Crippen molar-refractivity contribution in [1.29, 1.82) is 0 Å². The van der Waals surface area contributed by atoms with Crippen LogP contribution in [0, 0.1) is 0 Å². The molecule has 1 aliphatic rings. The van der Waals surface area contributed by atoms with Crippen LogP contribution in [0.4, 0.5) is 0 Å². The molecule has 1 aliphatic heterocycles. The fourth-order valence-electron chi connectivity index (χ4n) is 3.09. The van der Waals surface area contributed by atoms with Crippen molar-refractivity contribution in [1.82, 2.24) is 14.8 Å². The molecule has 2 atom stereocenters. The van der Waals surface area contributed by atoms with Crippen LogP contribution in [0.2, 0.25) is 0 Å². The Morgan fingerprint density at radius 2 is 1.80 bits per heavy atom. The molecule has 1 saturated heterocycles. The molecule has 1 aromatic heterocycles. The normalized spacial score (nSPS) is 20.8.